The van der Waals surface area contributed by atoms with Gasteiger partial charge in [-0.3, -0.25) is 14.4 Å². The first-order valence-corrected chi connectivity index (χ1v) is 12.7. The molecule has 13 heteroatoms. The minimum Gasteiger partial charge on any atom is -0.496 e. The maximum absolute atomic E-state index is 13.6. The van der Waals surface area contributed by atoms with Crippen LogP contribution < -0.4 is 24.3 Å². The van der Waals surface area contributed by atoms with Crippen LogP contribution in [0, 0.1) is 0 Å². The zero-order chi connectivity index (χ0) is 28.5. The number of benzene rings is 2. The van der Waals surface area contributed by atoms with Crippen LogP contribution in [0.15, 0.2) is 35.7 Å². The molecule has 0 aliphatic rings. The number of carboxylic acid groups (broad SMARTS) is 1. The molecule has 0 saturated carbocycles. The Morgan fingerprint density at radius 1 is 0.947 bits per heavy atom. The van der Waals surface area contributed by atoms with E-state index in [1.54, 1.807) is 0 Å². The molecule has 206 valence electrons. The van der Waals surface area contributed by atoms with E-state index in [2.05, 4.69) is 11.9 Å². The number of carbonyl (C=O) groups excluding carboxylic acids is 2. The molecule has 2 rings (SSSR count). The maximum atomic E-state index is 13.6. The number of ether oxygens (including phenoxy) is 5. The van der Waals surface area contributed by atoms with Crippen molar-refractivity contribution in [2.75, 3.05) is 40.4 Å². The second kappa shape index (κ2) is 13.3. The van der Waals surface area contributed by atoms with Gasteiger partial charge in [-0.1, -0.05) is 18.7 Å². The SMILES string of the molecule is C=Cc1c(OC)cc(OC)c(S(=O)(=O)Cc2ccc(OC)c(NC(=O)COC(=O)CCC(=O)O)c2)c1OC. The van der Waals surface area contributed by atoms with Crippen LogP contribution in [0.5, 0.6) is 23.0 Å². The molecule has 0 bridgehead atoms. The number of rotatable bonds is 14. The lowest BCUT2D eigenvalue weighted by molar-refractivity contribution is -0.149. The summed E-state index contributed by atoms with van der Waals surface area (Å²) in [6.45, 7) is 3.03. The molecule has 2 aromatic rings. The first-order chi connectivity index (χ1) is 18.0. The number of amides is 1. The molecule has 0 radical (unpaired) electrons. The third-order valence-electron chi connectivity index (χ3n) is 5.16. The summed E-state index contributed by atoms with van der Waals surface area (Å²) >= 11 is 0. The fourth-order valence-corrected chi connectivity index (χ4v) is 5.15. The Bertz CT molecular complexity index is 1320. The smallest absolute Gasteiger partial charge is 0.306 e. The molecule has 0 aliphatic heterocycles. The van der Waals surface area contributed by atoms with Crippen LogP contribution in [0.1, 0.15) is 24.0 Å². The topological polar surface area (TPSA) is 164 Å². The third kappa shape index (κ3) is 7.38. The summed E-state index contributed by atoms with van der Waals surface area (Å²) in [6, 6.07) is 5.80. The summed E-state index contributed by atoms with van der Waals surface area (Å²) in [4.78, 5) is 34.2. The summed E-state index contributed by atoms with van der Waals surface area (Å²) in [7, 11) is 1.33. The molecule has 0 aromatic heterocycles. The van der Waals surface area contributed by atoms with E-state index in [1.165, 1.54) is 58.8 Å². The standard InChI is InChI=1S/C25H29NO11S/c1-6-16-19(34-3)12-20(35-4)25(24(16)36-5)38(31,32)14-15-7-8-18(33-2)17(11-15)26-21(27)13-37-23(30)10-9-22(28)29/h6-8,11-12H,1,9-10,13-14H2,2-5H3,(H,26,27)(H,28,29). The molecule has 0 saturated heterocycles. The van der Waals surface area contributed by atoms with Crippen molar-refractivity contribution < 1.29 is 51.6 Å². The minimum absolute atomic E-state index is 0.00273. The van der Waals surface area contributed by atoms with Crippen LogP contribution in [0.2, 0.25) is 0 Å². The van der Waals surface area contributed by atoms with Crippen LogP contribution >= 0.6 is 0 Å². The molecule has 0 heterocycles. The number of nitrogens with one attached hydrogen (secondary N) is 1. The summed E-state index contributed by atoms with van der Waals surface area (Å²) < 4.78 is 53.1. The summed E-state index contributed by atoms with van der Waals surface area (Å²) in [6.07, 6.45) is 0.597. The average molecular weight is 552 g/mol. The van der Waals surface area contributed by atoms with Crippen molar-refractivity contribution in [3.63, 3.8) is 0 Å². The van der Waals surface area contributed by atoms with Gasteiger partial charge in [-0.2, -0.15) is 0 Å². The van der Waals surface area contributed by atoms with E-state index in [-0.39, 0.29) is 34.3 Å². The van der Waals surface area contributed by atoms with Crippen LogP contribution in [0.3, 0.4) is 0 Å². The number of carboxylic acids is 1. The van der Waals surface area contributed by atoms with Gasteiger partial charge in [0.2, 0.25) is 0 Å². The van der Waals surface area contributed by atoms with Crippen LogP contribution in [-0.2, 0) is 34.7 Å². The van der Waals surface area contributed by atoms with E-state index in [4.69, 9.17) is 28.8 Å². The largest absolute Gasteiger partial charge is 0.496 e. The van der Waals surface area contributed by atoms with E-state index in [0.29, 0.717) is 16.9 Å². The van der Waals surface area contributed by atoms with E-state index in [1.807, 2.05) is 0 Å². The molecular weight excluding hydrogens is 522 g/mol. The fourth-order valence-electron chi connectivity index (χ4n) is 3.47. The van der Waals surface area contributed by atoms with Gasteiger partial charge in [0.15, 0.2) is 27.1 Å². The van der Waals surface area contributed by atoms with Crippen molar-refractivity contribution in [1.29, 1.82) is 0 Å². The lowest BCUT2D eigenvalue weighted by atomic mass is 10.1. The number of carbonyl (C=O) groups is 3. The van der Waals surface area contributed by atoms with Gasteiger partial charge in [-0.25, -0.2) is 8.42 Å². The van der Waals surface area contributed by atoms with Gasteiger partial charge in [0.25, 0.3) is 5.91 Å². The monoisotopic (exact) mass is 551 g/mol. The number of hydrogen-bond donors (Lipinski definition) is 2. The van der Waals surface area contributed by atoms with Gasteiger partial charge in [-0.15, -0.1) is 0 Å². The second-order valence-corrected chi connectivity index (χ2v) is 9.58. The van der Waals surface area contributed by atoms with Crippen LogP contribution in [0.4, 0.5) is 5.69 Å². The molecule has 0 atom stereocenters. The van der Waals surface area contributed by atoms with Gasteiger partial charge in [0, 0.05) is 6.07 Å². The van der Waals surface area contributed by atoms with Gasteiger partial charge >= 0.3 is 11.9 Å². The lowest BCUT2D eigenvalue weighted by Crippen LogP contribution is -2.21. The average Bonchev–Trinajstić information content (AvgIpc) is 2.89. The summed E-state index contributed by atoms with van der Waals surface area (Å²) in [5.74, 6) is -2.71. The summed E-state index contributed by atoms with van der Waals surface area (Å²) in [5, 5.41) is 11.1. The van der Waals surface area contributed by atoms with Gasteiger partial charge < -0.3 is 34.1 Å². The maximum Gasteiger partial charge on any atom is 0.306 e. The van der Waals surface area contributed by atoms with Crippen LogP contribution in [-0.4, -0.2) is 66.4 Å². The molecule has 1 amide bonds. The summed E-state index contributed by atoms with van der Waals surface area (Å²) in [5.41, 5.74) is 0.752. The van der Waals surface area contributed by atoms with Gasteiger partial charge in [0.1, 0.15) is 17.2 Å². The van der Waals surface area contributed by atoms with Crippen molar-refractivity contribution in [1.82, 2.24) is 0 Å². The molecule has 12 nitrogen and oxygen atoms in total. The van der Waals surface area contributed by atoms with Crippen molar-refractivity contribution in [2.45, 2.75) is 23.5 Å². The predicted octanol–water partition coefficient (Wildman–Crippen LogP) is 2.68. The van der Waals surface area contributed by atoms with Gasteiger partial charge in [0.05, 0.1) is 58.3 Å². The van der Waals surface area contributed by atoms with E-state index in [0.717, 1.165) is 0 Å². The number of hydrogen-bond acceptors (Lipinski definition) is 10. The molecule has 0 fully saturated rings. The molecule has 2 N–H and O–H groups in total. The Labute approximate surface area is 220 Å². The highest BCUT2D eigenvalue weighted by Crippen LogP contribution is 2.44. The van der Waals surface area contributed by atoms with E-state index in [9.17, 15) is 22.8 Å². The number of esters is 1. The molecule has 0 unspecified atom stereocenters. The number of sulfone groups is 1. The number of anilines is 1. The van der Waals surface area contributed by atoms with Gasteiger partial charge in [-0.05, 0) is 17.7 Å². The Balaban J connectivity index is 2.34. The molecular formula is C25H29NO11S. The molecule has 0 aliphatic carbocycles. The van der Waals surface area contributed by atoms with Crippen molar-refractivity contribution in [3.8, 4) is 23.0 Å². The third-order valence-corrected chi connectivity index (χ3v) is 6.89. The van der Waals surface area contributed by atoms with E-state index < -0.39 is 46.5 Å². The molecule has 2 aromatic carbocycles. The quantitative estimate of drug-likeness (QED) is 0.332. The van der Waals surface area contributed by atoms with Crippen molar-refractivity contribution in [3.05, 3.63) is 42.0 Å². The van der Waals surface area contributed by atoms with Crippen LogP contribution in [0.25, 0.3) is 6.08 Å². The molecule has 38 heavy (non-hydrogen) atoms. The normalized spacial score (nSPS) is 10.7. The number of aliphatic carboxylic acids is 1. The van der Waals surface area contributed by atoms with Crippen molar-refractivity contribution in [2.24, 2.45) is 0 Å². The lowest BCUT2D eigenvalue weighted by Gasteiger charge is -2.19. The zero-order valence-electron chi connectivity index (χ0n) is 21.4. The Hall–Kier alpha value is -4.26. The zero-order valence-corrected chi connectivity index (χ0v) is 22.2. The minimum atomic E-state index is -4.08. The highest BCUT2D eigenvalue weighted by Gasteiger charge is 2.29. The first-order valence-electron chi connectivity index (χ1n) is 11.0. The Kier molecular flexibility index (Phi) is 10.5. The second-order valence-electron chi connectivity index (χ2n) is 7.66. The van der Waals surface area contributed by atoms with E-state index >= 15 is 0 Å². The highest BCUT2D eigenvalue weighted by molar-refractivity contribution is 7.90. The molecule has 0 spiro atoms. The Morgan fingerprint density at radius 2 is 1.61 bits per heavy atom. The highest BCUT2D eigenvalue weighted by atomic mass is 32.2. The number of methoxy groups -OCH3 is 4. The van der Waals surface area contributed by atoms with Crippen molar-refractivity contribution >= 4 is 39.4 Å². The predicted molar refractivity (Wildman–Crippen MR) is 137 cm³/mol. The fraction of sp³-hybridized carbons (Fsp3) is 0.320. The Morgan fingerprint density at radius 3 is 2.16 bits per heavy atom. The first kappa shape index (κ1) is 30.0.